The van der Waals surface area contributed by atoms with E-state index < -0.39 is 0 Å². The fourth-order valence-electron chi connectivity index (χ4n) is 3.48. The van der Waals surface area contributed by atoms with Crippen molar-refractivity contribution in [2.75, 3.05) is 0 Å². The summed E-state index contributed by atoms with van der Waals surface area (Å²) in [5.74, 6) is 0.444. The molecule has 0 radical (unpaired) electrons. The molecular formula is C21H35NO2. The Morgan fingerprint density at radius 2 is 1.38 bits per heavy atom. The summed E-state index contributed by atoms with van der Waals surface area (Å²) in [6.45, 7) is 13.7. The predicted molar refractivity (Wildman–Crippen MR) is 101 cm³/mol. The number of aliphatic hydroxyl groups is 1. The van der Waals surface area contributed by atoms with Gasteiger partial charge in [0.1, 0.15) is 5.75 Å². The maximum atomic E-state index is 10.8. The van der Waals surface area contributed by atoms with Crippen molar-refractivity contribution >= 4 is 0 Å². The average molecular weight is 334 g/mol. The normalized spacial score (nSPS) is 22.6. The first-order valence-electron chi connectivity index (χ1n) is 9.27. The van der Waals surface area contributed by atoms with Crippen LogP contribution < -0.4 is 5.32 Å². The second-order valence-corrected chi connectivity index (χ2v) is 9.43. The maximum Gasteiger partial charge on any atom is 0.123 e. The summed E-state index contributed by atoms with van der Waals surface area (Å²) in [6, 6.07) is 4.78. The van der Waals surface area contributed by atoms with E-state index in [0.717, 1.165) is 43.4 Å². The van der Waals surface area contributed by atoms with E-state index in [9.17, 15) is 10.2 Å². The van der Waals surface area contributed by atoms with Gasteiger partial charge >= 0.3 is 0 Å². The van der Waals surface area contributed by atoms with E-state index >= 15 is 0 Å². The van der Waals surface area contributed by atoms with Crippen molar-refractivity contribution in [2.45, 2.75) is 96.7 Å². The van der Waals surface area contributed by atoms with Gasteiger partial charge in [-0.15, -0.1) is 0 Å². The number of rotatable bonds is 3. The molecule has 0 unspecified atom stereocenters. The molecule has 0 spiro atoms. The first kappa shape index (κ1) is 19.3. The number of hydrogen-bond acceptors (Lipinski definition) is 3. The monoisotopic (exact) mass is 333 g/mol. The van der Waals surface area contributed by atoms with Crippen LogP contribution >= 0.6 is 0 Å². The lowest BCUT2D eigenvalue weighted by Crippen LogP contribution is -2.34. The van der Waals surface area contributed by atoms with Crippen LogP contribution in [0.15, 0.2) is 12.1 Å². The molecule has 3 N–H and O–H groups in total. The van der Waals surface area contributed by atoms with Crippen LogP contribution in [0.5, 0.6) is 5.75 Å². The van der Waals surface area contributed by atoms with Crippen molar-refractivity contribution in [3.63, 3.8) is 0 Å². The second kappa shape index (κ2) is 7.05. The summed E-state index contributed by atoms with van der Waals surface area (Å²) < 4.78 is 0. The van der Waals surface area contributed by atoms with Crippen molar-refractivity contribution in [3.8, 4) is 5.75 Å². The second-order valence-electron chi connectivity index (χ2n) is 9.43. The smallest absolute Gasteiger partial charge is 0.123 e. The fraction of sp³-hybridized carbons (Fsp3) is 0.714. The summed E-state index contributed by atoms with van der Waals surface area (Å²) in [5, 5.41) is 24.1. The summed E-state index contributed by atoms with van der Waals surface area (Å²) in [7, 11) is 0. The molecule has 0 saturated heterocycles. The van der Waals surface area contributed by atoms with Crippen LogP contribution in [0.2, 0.25) is 0 Å². The lowest BCUT2D eigenvalue weighted by atomic mass is 9.78. The minimum Gasteiger partial charge on any atom is -0.507 e. The Kier molecular flexibility index (Phi) is 5.66. The Hall–Kier alpha value is -1.06. The van der Waals surface area contributed by atoms with Crippen LogP contribution in [0.3, 0.4) is 0 Å². The molecule has 0 aromatic heterocycles. The van der Waals surface area contributed by atoms with Crippen LogP contribution in [-0.2, 0) is 17.4 Å². The predicted octanol–water partition coefficient (Wildman–Crippen LogP) is 4.38. The largest absolute Gasteiger partial charge is 0.507 e. The molecule has 1 aliphatic rings. The van der Waals surface area contributed by atoms with E-state index in [4.69, 9.17) is 0 Å². The lowest BCUT2D eigenvalue weighted by molar-refractivity contribution is 0.116. The molecule has 1 aliphatic carbocycles. The molecule has 1 saturated carbocycles. The van der Waals surface area contributed by atoms with E-state index in [-0.39, 0.29) is 16.9 Å². The van der Waals surface area contributed by atoms with Gasteiger partial charge in [-0.05, 0) is 53.2 Å². The Balaban J connectivity index is 2.23. The van der Waals surface area contributed by atoms with Gasteiger partial charge in [0, 0.05) is 12.6 Å². The number of phenols is 1. The van der Waals surface area contributed by atoms with Crippen molar-refractivity contribution in [3.05, 3.63) is 28.8 Å². The van der Waals surface area contributed by atoms with Gasteiger partial charge in [-0.1, -0.05) is 53.7 Å². The van der Waals surface area contributed by atoms with Gasteiger partial charge < -0.3 is 15.5 Å². The summed E-state index contributed by atoms with van der Waals surface area (Å²) in [6.07, 6.45) is 3.76. The van der Waals surface area contributed by atoms with Crippen molar-refractivity contribution < 1.29 is 10.2 Å². The van der Waals surface area contributed by atoms with E-state index in [0.29, 0.717) is 11.8 Å². The molecule has 1 fully saturated rings. The van der Waals surface area contributed by atoms with E-state index in [1.165, 1.54) is 5.56 Å². The van der Waals surface area contributed by atoms with E-state index in [1.807, 2.05) is 0 Å². The molecule has 3 nitrogen and oxygen atoms in total. The highest BCUT2D eigenvalue weighted by Crippen LogP contribution is 2.39. The highest BCUT2D eigenvalue weighted by atomic mass is 16.3. The van der Waals surface area contributed by atoms with E-state index in [1.54, 1.807) is 0 Å². The van der Waals surface area contributed by atoms with Crippen molar-refractivity contribution in [1.82, 2.24) is 5.32 Å². The molecule has 0 aliphatic heterocycles. The van der Waals surface area contributed by atoms with Crippen LogP contribution in [-0.4, -0.2) is 22.4 Å². The Morgan fingerprint density at radius 3 is 1.79 bits per heavy atom. The molecule has 2 rings (SSSR count). The number of nitrogens with one attached hydrogen (secondary N) is 1. The van der Waals surface area contributed by atoms with Gasteiger partial charge in [-0.25, -0.2) is 0 Å². The molecule has 0 bridgehead atoms. The molecule has 1 aromatic carbocycles. The first-order chi connectivity index (χ1) is 11.0. The zero-order valence-corrected chi connectivity index (χ0v) is 16.2. The van der Waals surface area contributed by atoms with Gasteiger partial charge in [0.2, 0.25) is 0 Å². The topological polar surface area (TPSA) is 52.5 Å². The molecule has 0 atom stereocenters. The SMILES string of the molecule is CC(C)(C)c1cc(CNC2CCC(O)CC2)cc(C(C)(C)C)c1O. The fourth-order valence-corrected chi connectivity index (χ4v) is 3.48. The van der Waals surface area contributed by atoms with Crippen LogP contribution in [0.4, 0.5) is 0 Å². The number of phenolic OH excluding ortho intramolecular Hbond substituents is 1. The standard InChI is InChI=1S/C21H35NO2/c1-20(2,3)17-11-14(12-18(19(17)24)21(4,5)6)13-22-15-7-9-16(23)10-8-15/h11-12,15-16,22-24H,7-10,13H2,1-6H3. The van der Waals surface area contributed by atoms with Crippen molar-refractivity contribution in [2.24, 2.45) is 0 Å². The average Bonchev–Trinajstić information content (AvgIpc) is 2.45. The lowest BCUT2D eigenvalue weighted by Gasteiger charge is -2.29. The third kappa shape index (κ3) is 4.73. The minimum atomic E-state index is -0.114. The summed E-state index contributed by atoms with van der Waals surface area (Å²) in [4.78, 5) is 0. The molecule has 136 valence electrons. The highest BCUT2D eigenvalue weighted by molar-refractivity contribution is 5.49. The Morgan fingerprint density at radius 1 is 0.917 bits per heavy atom. The maximum absolute atomic E-state index is 10.8. The third-order valence-electron chi connectivity index (χ3n) is 5.08. The Bertz CT molecular complexity index is 523. The minimum absolute atomic E-state index is 0.0883. The van der Waals surface area contributed by atoms with Gasteiger partial charge in [-0.2, -0.15) is 0 Å². The first-order valence-corrected chi connectivity index (χ1v) is 9.27. The summed E-state index contributed by atoms with van der Waals surface area (Å²) >= 11 is 0. The zero-order valence-electron chi connectivity index (χ0n) is 16.2. The quantitative estimate of drug-likeness (QED) is 0.769. The molecule has 0 amide bonds. The van der Waals surface area contributed by atoms with Gasteiger partial charge in [-0.3, -0.25) is 0 Å². The van der Waals surface area contributed by atoms with Crippen LogP contribution in [0.1, 0.15) is 83.9 Å². The zero-order chi connectivity index (χ0) is 18.1. The van der Waals surface area contributed by atoms with Gasteiger partial charge in [0.05, 0.1) is 6.10 Å². The molecule has 1 aromatic rings. The number of benzene rings is 1. The van der Waals surface area contributed by atoms with Crippen LogP contribution in [0.25, 0.3) is 0 Å². The van der Waals surface area contributed by atoms with E-state index in [2.05, 4.69) is 59.0 Å². The molecule has 24 heavy (non-hydrogen) atoms. The number of aliphatic hydroxyl groups excluding tert-OH is 1. The van der Waals surface area contributed by atoms with Gasteiger partial charge in [0.25, 0.3) is 0 Å². The summed E-state index contributed by atoms with van der Waals surface area (Å²) in [5.41, 5.74) is 3.09. The van der Waals surface area contributed by atoms with Crippen molar-refractivity contribution in [1.29, 1.82) is 0 Å². The molecule has 3 heteroatoms. The Labute approximate surface area is 147 Å². The molecule has 0 heterocycles. The number of hydrogen-bond donors (Lipinski definition) is 3. The van der Waals surface area contributed by atoms with Gasteiger partial charge in [0.15, 0.2) is 0 Å². The number of aromatic hydroxyl groups is 1. The van der Waals surface area contributed by atoms with Crippen LogP contribution in [0, 0.1) is 0 Å². The third-order valence-corrected chi connectivity index (χ3v) is 5.08. The molecular weight excluding hydrogens is 298 g/mol. The highest BCUT2D eigenvalue weighted by Gasteiger charge is 2.27.